The molecule has 2 heterocycles. The van der Waals surface area contributed by atoms with Gasteiger partial charge in [-0.1, -0.05) is 30.3 Å². The van der Waals surface area contributed by atoms with Gasteiger partial charge in [0.15, 0.2) is 0 Å². The highest BCUT2D eigenvalue weighted by molar-refractivity contribution is 6.10. The molecule has 0 amide bonds. The van der Waals surface area contributed by atoms with Gasteiger partial charge in [0.1, 0.15) is 23.8 Å². The number of benzene rings is 3. The number of pyridine rings is 1. The molecular weight excluding hydrogens is 433 g/mol. The topological polar surface area (TPSA) is 68.7 Å². The van der Waals surface area contributed by atoms with E-state index < -0.39 is 18.2 Å². The van der Waals surface area contributed by atoms with E-state index in [4.69, 9.17) is 14.5 Å². The van der Waals surface area contributed by atoms with Crippen LogP contribution in [0, 0.1) is 6.92 Å². The summed E-state index contributed by atoms with van der Waals surface area (Å²) in [6, 6.07) is 13.7. The second-order valence-corrected chi connectivity index (χ2v) is 9.37. The summed E-state index contributed by atoms with van der Waals surface area (Å²) in [5.41, 5.74) is 3.67. The van der Waals surface area contributed by atoms with Gasteiger partial charge in [-0.3, -0.25) is 9.78 Å². The van der Waals surface area contributed by atoms with Crippen molar-refractivity contribution in [1.82, 2.24) is 4.98 Å². The third kappa shape index (κ3) is 3.73. The van der Waals surface area contributed by atoms with Gasteiger partial charge in [-0.2, -0.15) is 0 Å². The Bertz CT molecular complexity index is 1440. The Kier molecular flexibility index (Phi) is 5.39. The van der Waals surface area contributed by atoms with Gasteiger partial charge < -0.3 is 14.6 Å². The molecule has 0 unspecified atom stereocenters. The molecule has 4 aromatic rings. The molecule has 34 heavy (non-hydrogen) atoms. The van der Waals surface area contributed by atoms with Gasteiger partial charge in [0, 0.05) is 24.1 Å². The normalized spacial score (nSPS) is 13.2. The maximum absolute atomic E-state index is 13.9. The molecule has 5 nitrogen and oxygen atoms in total. The van der Waals surface area contributed by atoms with Gasteiger partial charge in [0.05, 0.1) is 24.1 Å². The summed E-state index contributed by atoms with van der Waals surface area (Å²) in [5, 5.41) is 12.5. The third-order valence-electron chi connectivity index (χ3n) is 6.32. The first kappa shape index (κ1) is 22.1. The van der Waals surface area contributed by atoms with E-state index in [9.17, 15) is 14.3 Å². The molecule has 5 rings (SSSR count). The smallest absolute Gasteiger partial charge is 0.307 e. The SMILES string of the molecule is Cc1cc2ccccc2c(-c2c(OC(C)(C)CF)cc3c4c(ccnc24)CCO3)c1CC(=O)O. The van der Waals surface area contributed by atoms with E-state index in [2.05, 4.69) is 0 Å². The number of nitrogens with zero attached hydrogens (tertiary/aromatic N) is 1. The van der Waals surface area contributed by atoms with Crippen LogP contribution in [0.2, 0.25) is 0 Å². The van der Waals surface area contributed by atoms with Crippen LogP contribution in [-0.2, 0) is 17.6 Å². The number of aryl methyl sites for hydroxylation is 1. The monoisotopic (exact) mass is 459 g/mol. The molecule has 0 bridgehead atoms. The molecule has 174 valence electrons. The van der Waals surface area contributed by atoms with E-state index in [1.807, 2.05) is 43.3 Å². The predicted molar refractivity (Wildman–Crippen MR) is 131 cm³/mol. The molecule has 0 saturated carbocycles. The molecule has 0 saturated heterocycles. The molecule has 0 aliphatic carbocycles. The Morgan fingerprint density at radius 1 is 1.21 bits per heavy atom. The van der Waals surface area contributed by atoms with Gasteiger partial charge in [0.2, 0.25) is 0 Å². The first-order valence-electron chi connectivity index (χ1n) is 11.3. The van der Waals surface area contributed by atoms with E-state index in [-0.39, 0.29) is 6.42 Å². The number of hydrogen-bond donors (Lipinski definition) is 1. The van der Waals surface area contributed by atoms with Crippen molar-refractivity contribution in [1.29, 1.82) is 0 Å². The number of hydrogen-bond acceptors (Lipinski definition) is 4. The zero-order valence-corrected chi connectivity index (χ0v) is 19.4. The number of halogens is 1. The second kappa shape index (κ2) is 8.28. The maximum Gasteiger partial charge on any atom is 0.307 e. The Balaban J connectivity index is 1.96. The van der Waals surface area contributed by atoms with Crippen LogP contribution in [0.3, 0.4) is 0 Å². The molecule has 6 heteroatoms. The average Bonchev–Trinajstić information content (AvgIpc) is 2.80. The maximum atomic E-state index is 13.9. The van der Waals surface area contributed by atoms with E-state index in [1.165, 1.54) is 0 Å². The average molecular weight is 460 g/mol. The lowest BCUT2D eigenvalue weighted by Gasteiger charge is -2.28. The highest BCUT2D eigenvalue weighted by Gasteiger charge is 2.29. The van der Waals surface area contributed by atoms with Crippen LogP contribution in [-0.4, -0.2) is 34.9 Å². The van der Waals surface area contributed by atoms with Crippen LogP contribution in [0.5, 0.6) is 11.5 Å². The summed E-state index contributed by atoms with van der Waals surface area (Å²) in [5.74, 6) is 0.152. The van der Waals surface area contributed by atoms with Crippen molar-refractivity contribution in [2.24, 2.45) is 0 Å². The quantitative estimate of drug-likeness (QED) is 0.380. The molecule has 1 N–H and O–H groups in total. The Labute approximate surface area is 197 Å². The van der Waals surface area contributed by atoms with E-state index in [0.29, 0.717) is 34.7 Å². The fourth-order valence-electron chi connectivity index (χ4n) is 4.78. The largest absolute Gasteiger partial charge is 0.492 e. The molecule has 3 aromatic carbocycles. The summed E-state index contributed by atoms with van der Waals surface area (Å²) in [4.78, 5) is 16.6. The molecule has 0 atom stereocenters. The summed E-state index contributed by atoms with van der Waals surface area (Å²) in [6.45, 7) is 5.13. The number of alkyl halides is 1. The molecule has 0 fully saturated rings. The first-order valence-corrected chi connectivity index (χ1v) is 11.3. The third-order valence-corrected chi connectivity index (χ3v) is 6.32. The van der Waals surface area contributed by atoms with Gasteiger partial charge in [-0.15, -0.1) is 0 Å². The van der Waals surface area contributed by atoms with E-state index >= 15 is 0 Å². The highest BCUT2D eigenvalue weighted by atomic mass is 19.1. The first-order chi connectivity index (χ1) is 16.3. The zero-order valence-electron chi connectivity index (χ0n) is 19.4. The number of carboxylic acids is 1. The highest BCUT2D eigenvalue weighted by Crippen LogP contribution is 2.48. The van der Waals surface area contributed by atoms with Crippen LogP contribution >= 0.6 is 0 Å². The van der Waals surface area contributed by atoms with Crippen molar-refractivity contribution >= 4 is 27.6 Å². The van der Waals surface area contributed by atoms with E-state index in [0.717, 1.165) is 39.3 Å². The zero-order chi connectivity index (χ0) is 24.0. The number of aromatic nitrogens is 1. The van der Waals surface area contributed by atoms with Crippen molar-refractivity contribution in [3.8, 4) is 22.6 Å². The number of rotatable bonds is 6. The second-order valence-electron chi connectivity index (χ2n) is 9.37. The molecule has 1 aromatic heterocycles. The summed E-state index contributed by atoms with van der Waals surface area (Å²) < 4.78 is 26.1. The lowest BCUT2D eigenvalue weighted by Crippen LogP contribution is -2.31. The standard InChI is InChI=1S/C28H26FNO4/c1-16-12-18-6-4-5-7-19(18)25(20(16)13-23(31)32)26-22(34-28(2,3)15-29)14-21-24-17(9-11-33-21)8-10-30-27(24)26/h4-8,10,12,14H,9,11,13,15H2,1-3H3,(H,31,32). The van der Waals surface area contributed by atoms with Crippen LogP contribution < -0.4 is 9.47 Å². The number of fused-ring (bicyclic) bond motifs is 1. The van der Waals surface area contributed by atoms with Crippen molar-refractivity contribution in [2.75, 3.05) is 13.3 Å². The molecule has 0 spiro atoms. The van der Waals surface area contributed by atoms with Gasteiger partial charge in [-0.25, -0.2) is 4.39 Å². The fourth-order valence-corrected chi connectivity index (χ4v) is 4.78. The van der Waals surface area contributed by atoms with E-state index in [1.54, 1.807) is 26.1 Å². The van der Waals surface area contributed by atoms with Crippen LogP contribution in [0.25, 0.3) is 32.8 Å². The van der Waals surface area contributed by atoms with Crippen molar-refractivity contribution < 1.29 is 23.8 Å². The van der Waals surface area contributed by atoms with Gasteiger partial charge in [-0.05, 0) is 59.9 Å². The van der Waals surface area contributed by atoms with Crippen LogP contribution in [0.4, 0.5) is 4.39 Å². The minimum Gasteiger partial charge on any atom is -0.492 e. The minimum atomic E-state index is -1.09. The summed E-state index contributed by atoms with van der Waals surface area (Å²) in [7, 11) is 0. The van der Waals surface area contributed by atoms with Crippen molar-refractivity contribution in [2.45, 2.75) is 39.2 Å². The predicted octanol–water partition coefficient (Wildman–Crippen LogP) is 6.05. The van der Waals surface area contributed by atoms with Gasteiger partial charge >= 0.3 is 5.97 Å². The summed E-state index contributed by atoms with van der Waals surface area (Å²) in [6.07, 6.45) is 2.35. The van der Waals surface area contributed by atoms with Gasteiger partial charge in [0.25, 0.3) is 0 Å². The Morgan fingerprint density at radius 3 is 2.76 bits per heavy atom. The van der Waals surface area contributed by atoms with Crippen LogP contribution in [0.1, 0.15) is 30.5 Å². The van der Waals surface area contributed by atoms with Crippen molar-refractivity contribution in [3.05, 3.63) is 65.4 Å². The lowest BCUT2D eigenvalue weighted by molar-refractivity contribution is -0.136. The molecule has 1 aliphatic heterocycles. The number of carboxylic acid groups (broad SMARTS) is 1. The number of carbonyl (C=O) groups is 1. The minimum absolute atomic E-state index is 0.155. The van der Waals surface area contributed by atoms with Crippen molar-refractivity contribution in [3.63, 3.8) is 0 Å². The number of ether oxygens (including phenoxy) is 2. The fraction of sp³-hybridized carbons (Fsp3) is 0.286. The molecular formula is C28H26FNO4. The molecule has 0 radical (unpaired) electrons. The Hall–Kier alpha value is -3.67. The van der Waals surface area contributed by atoms with Crippen LogP contribution in [0.15, 0.2) is 48.7 Å². The molecule has 1 aliphatic rings. The lowest BCUT2D eigenvalue weighted by atomic mass is 9.86. The number of aliphatic carboxylic acids is 1. The summed E-state index contributed by atoms with van der Waals surface area (Å²) >= 11 is 0. The Morgan fingerprint density at radius 2 is 2.00 bits per heavy atom.